The molecule has 0 N–H and O–H groups in total. The average molecular weight is 280 g/mol. The van der Waals surface area contributed by atoms with E-state index in [0.29, 0.717) is 14.9 Å². The molecule has 1 heterocycles. The second-order valence-electron chi connectivity index (χ2n) is 3.32. The molecule has 84 valence electrons. The average Bonchev–Trinajstić information content (AvgIpc) is 2.73. The van der Waals surface area contributed by atoms with Gasteiger partial charge in [0.15, 0.2) is 0 Å². The lowest BCUT2D eigenvalue weighted by atomic mass is 10.1. The van der Waals surface area contributed by atoms with Crippen molar-refractivity contribution in [2.24, 2.45) is 0 Å². The zero-order chi connectivity index (χ0) is 12.3. The lowest BCUT2D eigenvalue weighted by Gasteiger charge is -1.98. The number of halogens is 2. The maximum atomic E-state index is 9.14. The van der Waals surface area contributed by atoms with Crippen LogP contribution >= 0.6 is 34.5 Å². The number of nitrogens with zero attached hydrogens (tertiary/aromatic N) is 1. The van der Waals surface area contributed by atoms with Crippen LogP contribution in [0.1, 0.15) is 10.4 Å². The number of hydrogen-bond donors (Lipinski definition) is 0. The highest BCUT2D eigenvalue weighted by molar-refractivity contribution is 7.17. The van der Waals surface area contributed by atoms with Gasteiger partial charge in [-0.1, -0.05) is 35.3 Å². The van der Waals surface area contributed by atoms with Gasteiger partial charge >= 0.3 is 0 Å². The Kier molecular flexibility index (Phi) is 3.86. The first-order valence-electron chi connectivity index (χ1n) is 4.82. The predicted octanol–water partition coefficient (Wildman–Crippen LogP) is 5.12. The Labute approximate surface area is 114 Å². The largest absolute Gasteiger partial charge is 0.192 e. The molecule has 1 nitrogen and oxygen atoms in total. The van der Waals surface area contributed by atoms with Crippen molar-refractivity contribution in [3.8, 4) is 6.07 Å². The second-order valence-corrected chi connectivity index (χ2v) is 5.50. The highest BCUT2D eigenvalue weighted by Gasteiger charge is 2.02. The molecule has 17 heavy (non-hydrogen) atoms. The third-order valence-corrected chi connectivity index (χ3v) is 3.59. The van der Waals surface area contributed by atoms with Gasteiger partial charge in [0.1, 0.15) is 0 Å². The lowest BCUT2D eigenvalue weighted by molar-refractivity contribution is 1.52. The van der Waals surface area contributed by atoms with Gasteiger partial charge in [-0.15, -0.1) is 11.3 Å². The Morgan fingerprint density at radius 2 is 1.82 bits per heavy atom. The number of thiophene rings is 1. The fourth-order valence-corrected chi connectivity index (χ4v) is 2.49. The summed E-state index contributed by atoms with van der Waals surface area (Å²) in [6, 6.07) is 13.1. The molecule has 4 heteroatoms. The molecule has 0 radical (unpaired) electrons. The Bertz CT molecular complexity index is 591. The molecular formula is C13H7Cl2NS. The van der Waals surface area contributed by atoms with Crippen molar-refractivity contribution in [1.82, 2.24) is 0 Å². The van der Waals surface area contributed by atoms with Crippen LogP contribution < -0.4 is 0 Å². The van der Waals surface area contributed by atoms with Crippen LogP contribution in [0.5, 0.6) is 0 Å². The SMILES string of the molecule is N#C/C(=C\c1ccc(Cl)s1)c1ccc(Cl)cc1. The summed E-state index contributed by atoms with van der Waals surface area (Å²) in [5.74, 6) is 0. The predicted molar refractivity (Wildman–Crippen MR) is 74.3 cm³/mol. The molecule has 2 aromatic rings. The number of benzene rings is 1. The molecule has 0 amide bonds. The van der Waals surface area contributed by atoms with Crippen LogP contribution in [0.2, 0.25) is 9.36 Å². The van der Waals surface area contributed by atoms with Crippen LogP contribution in [0.4, 0.5) is 0 Å². The fraction of sp³-hybridized carbons (Fsp3) is 0. The second kappa shape index (κ2) is 5.37. The number of hydrogen-bond acceptors (Lipinski definition) is 2. The van der Waals surface area contributed by atoms with Gasteiger partial charge in [0.05, 0.1) is 16.0 Å². The van der Waals surface area contributed by atoms with E-state index in [1.54, 1.807) is 12.1 Å². The Hall–Kier alpha value is -1.27. The van der Waals surface area contributed by atoms with Crippen molar-refractivity contribution < 1.29 is 0 Å². The maximum absolute atomic E-state index is 9.14. The van der Waals surface area contributed by atoms with Crippen molar-refractivity contribution in [2.75, 3.05) is 0 Å². The van der Waals surface area contributed by atoms with Gasteiger partial charge in [-0.05, 0) is 35.9 Å². The van der Waals surface area contributed by atoms with Gasteiger partial charge in [0, 0.05) is 9.90 Å². The molecule has 0 unspecified atom stereocenters. The van der Waals surface area contributed by atoms with Crippen LogP contribution in [0.3, 0.4) is 0 Å². The maximum Gasteiger partial charge on any atom is 0.0998 e. The molecule has 0 aliphatic rings. The smallest absolute Gasteiger partial charge is 0.0998 e. The molecule has 1 aromatic heterocycles. The molecule has 0 bridgehead atoms. The molecule has 0 aliphatic heterocycles. The Balaban J connectivity index is 2.37. The summed E-state index contributed by atoms with van der Waals surface area (Å²) in [4.78, 5) is 0.960. The molecule has 0 fully saturated rings. The molecule has 0 aliphatic carbocycles. The van der Waals surface area contributed by atoms with Crippen molar-refractivity contribution in [2.45, 2.75) is 0 Å². The number of allylic oxidation sites excluding steroid dienone is 1. The van der Waals surface area contributed by atoms with Crippen LogP contribution in [0.25, 0.3) is 11.6 Å². The highest BCUT2D eigenvalue weighted by atomic mass is 35.5. The van der Waals surface area contributed by atoms with E-state index in [2.05, 4.69) is 6.07 Å². The van der Waals surface area contributed by atoms with Crippen molar-refractivity contribution >= 4 is 46.2 Å². The summed E-state index contributed by atoms with van der Waals surface area (Å²) >= 11 is 13.1. The first-order chi connectivity index (χ1) is 8.19. The summed E-state index contributed by atoms with van der Waals surface area (Å²) in [5, 5.41) is 9.79. The van der Waals surface area contributed by atoms with Crippen LogP contribution in [0, 0.1) is 11.3 Å². The first-order valence-corrected chi connectivity index (χ1v) is 6.39. The molecule has 0 saturated carbocycles. The summed E-state index contributed by atoms with van der Waals surface area (Å²) in [6.07, 6.45) is 1.82. The molecular weight excluding hydrogens is 273 g/mol. The number of rotatable bonds is 2. The van der Waals surface area contributed by atoms with E-state index in [1.807, 2.05) is 30.3 Å². The Morgan fingerprint density at radius 1 is 1.12 bits per heavy atom. The van der Waals surface area contributed by atoms with Crippen molar-refractivity contribution in [3.63, 3.8) is 0 Å². The molecule has 1 aromatic carbocycles. The topological polar surface area (TPSA) is 23.8 Å². The molecule has 0 saturated heterocycles. The van der Waals surface area contributed by atoms with Gasteiger partial charge in [0.25, 0.3) is 0 Å². The molecule has 0 spiro atoms. The molecule has 2 rings (SSSR count). The van der Waals surface area contributed by atoms with Crippen molar-refractivity contribution in [3.05, 3.63) is 56.2 Å². The van der Waals surface area contributed by atoms with Crippen LogP contribution in [-0.4, -0.2) is 0 Å². The highest BCUT2D eigenvalue weighted by Crippen LogP contribution is 2.26. The minimum absolute atomic E-state index is 0.597. The minimum Gasteiger partial charge on any atom is -0.192 e. The van der Waals surface area contributed by atoms with E-state index < -0.39 is 0 Å². The van der Waals surface area contributed by atoms with Gasteiger partial charge in [-0.3, -0.25) is 0 Å². The van der Waals surface area contributed by atoms with E-state index in [9.17, 15) is 0 Å². The van der Waals surface area contributed by atoms with Gasteiger partial charge < -0.3 is 0 Å². The van der Waals surface area contributed by atoms with Crippen LogP contribution in [0.15, 0.2) is 36.4 Å². The van der Waals surface area contributed by atoms with E-state index in [0.717, 1.165) is 10.4 Å². The normalized spacial score (nSPS) is 11.2. The summed E-state index contributed by atoms with van der Waals surface area (Å²) in [7, 11) is 0. The van der Waals surface area contributed by atoms with Gasteiger partial charge in [-0.2, -0.15) is 5.26 Å². The van der Waals surface area contributed by atoms with Crippen LogP contribution in [-0.2, 0) is 0 Å². The molecule has 0 atom stereocenters. The minimum atomic E-state index is 0.597. The van der Waals surface area contributed by atoms with E-state index in [4.69, 9.17) is 28.5 Å². The Morgan fingerprint density at radius 3 is 2.35 bits per heavy atom. The summed E-state index contributed by atoms with van der Waals surface area (Å²) in [6.45, 7) is 0. The van der Waals surface area contributed by atoms with Crippen molar-refractivity contribution in [1.29, 1.82) is 5.26 Å². The fourth-order valence-electron chi connectivity index (χ4n) is 1.36. The third kappa shape index (κ3) is 3.10. The summed E-state index contributed by atoms with van der Waals surface area (Å²) < 4.78 is 0.713. The third-order valence-electron chi connectivity index (χ3n) is 2.16. The standard InChI is InChI=1S/C13H7Cl2NS/c14-11-3-1-9(2-4-11)10(8-16)7-12-5-6-13(15)17-12/h1-7H/b10-7+. The van der Waals surface area contributed by atoms with Gasteiger partial charge in [0.2, 0.25) is 0 Å². The van der Waals surface area contributed by atoms with E-state index in [1.165, 1.54) is 11.3 Å². The summed E-state index contributed by atoms with van der Waals surface area (Å²) in [5.41, 5.74) is 1.45. The quantitative estimate of drug-likeness (QED) is 0.700. The van der Waals surface area contributed by atoms with E-state index >= 15 is 0 Å². The number of nitriles is 1. The monoisotopic (exact) mass is 279 g/mol. The lowest BCUT2D eigenvalue weighted by Crippen LogP contribution is -1.80. The first kappa shape index (κ1) is 12.2. The van der Waals surface area contributed by atoms with E-state index in [-0.39, 0.29) is 0 Å². The zero-order valence-corrected chi connectivity index (χ0v) is 11.0. The van der Waals surface area contributed by atoms with Gasteiger partial charge in [-0.25, -0.2) is 0 Å². The zero-order valence-electron chi connectivity index (χ0n) is 8.65.